The van der Waals surface area contributed by atoms with Crippen LogP contribution in [0.2, 0.25) is 0 Å². The molecule has 0 fully saturated rings. The zero-order chi connectivity index (χ0) is 22.0. The van der Waals surface area contributed by atoms with Crippen molar-refractivity contribution in [3.63, 3.8) is 0 Å². The van der Waals surface area contributed by atoms with Crippen molar-refractivity contribution in [1.29, 1.82) is 0 Å². The Balaban J connectivity index is 3.71. The van der Waals surface area contributed by atoms with Gasteiger partial charge in [0.25, 0.3) is 0 Å². The molecular weight excluding hydrogens is 296 g/mol. The minimum absolute atomic E-state index is 0.00634. The monoisotopic (exact) mass is 337 g/mol. The Morgan fingerprint density at radius 3 is 1.96 bits per heavy atom. The van der Waals surface area contributed by atoms with Crippen molar-refractivity contribution in [2.45, 2.75) is 78.0 Å². The van der Waals surface area contributed by atoms with Crippen LogP contribution in [0.3, 0.4) is 0 Å². The largest absolute Gasteiger partial charge is 0.466 e. The minimum atomic E-state index is -2.98. The van der Waals surface area contributed by atoms with E-state index in [9.17, 15) is 4.79 Å². The number of carbonyl (C=O) groups is 1. The SMILES string of the molecule is [2H]C([2H])([2H])C([2H])([2H])OC(=O)CCC/C=C/C/C=C/C/C=C/C/C=C/CCCCC. The van der Waals surface area contributed by atoms with E-state index in [4.69, 9.17) is 6.85 Å². The van der Waals surface area contributed by atoms with Gasteiger partial charge in [-0.05, 0) is 51.8 Å². The Labute approximate surface area is 156 Å². The van der Waals surface area contributed by atoms with Gasteiger partial charge >= 0.3 is 5.97 Å². The number of esters is 1. The zero-order valence-electron chi connectivity index (χ0n) is 20.0. The van der Waals surface area contributed by atoms with E-state index < -0.39 is 19.4 Å². The molecule has 0 spiro atoms. The summed E-state index contributed by atoms with van der Waals surface area (Å²) in [6.07, 6.45) is 25.8. The van der Waals surface area contributed by atoms with E-state index in [1.165, 1.54) is 25.7 Å². The molecule has 0 rings (SSSR count). The molecule has 0 aromatic rings. The Bertz CT molecular complexity index is 546. The Hall–Kier alpha value is -1.57. The maximum atomic E-state index is 11.5. The van der Waals surface area contributed by atoms with E-state index in [-0.39, 0.29) is 6.42 Å². The molecule has 0 saturated heterocycles. The van der Waals surface area contributed by atoms with Crippen LogP contribution in [0.25, 0.3) is 0 Å². The summed E-state index contributed by atoms with van der Waals surface area (Å²) in [5.41, 5.74) is 0. The van der Waals surface area contributed by atoms with Crippen LogP contribution < -0.4 is 0 Å². The highest BCUT2D eigenvalue weighted by molar-refractivity contribution is 5.69. The number of hydrogen-bond donors (Lipinski definition) is 0. The van der Waals surface area contributed by atoms with Crippen LogP contribution in [-0.4, -0.2) is 12.5 Å². The summed E-state index contributed by atoms with van der Waals surface area (Å²) in [5.74, 6) is -0.831. The number of hydrogen-bond acceptors (Lipinski definition) is 2. The lowest BCUT2D eigenvalue weighted by atomic mass is 10.2. The predicted octanol–water partition coefficient (Wildman–Crippen LogP) is 6.70. The van der Waals surface area contributed by atoms with Crippen LogP contribution in [0.15, 0.2) is 48.6 Å². The van der Waals surface area contributed by atoms with Gasteiger partial charge in [0.1, 0.15) is 0 Å². The molecule has 0 aliphatic rings. The van der Waals surface area contributed by atoms with Crippen LogP contribution in [0.5, 0.6) is 0 Å². The highest BCUT2D eigenvalue weighted by Crippen LogP contribution is 2.02. The molecule has 0 radical (unpaired) electrons. The van der Waals surface area contributed by atoms with Crippen molar-refractivity contribution >= 4 is 5.97 Å². The molecule has 136 valence electrons. The molecular formula is C22H36O2. The third kappa shape index (κ3) is 18.5. The lowest BCUT2D eigenvalue weighted by molar-refractivity contribution is -0.143. The highest BCUT2D eigenvalue weighted by Gasteiger charge is 1.98. The van der Waals surface area contributed by atoms with Gasteiger partial charge in [0.2, 0.25) is 0 Å². The van der Waals surface area contributed by atoms with Crippen molar-refractivity contribution in [3.8, 4) is 0 Å². The van der Waals surface area contributed by atoms with Crippen LogP contribution in [0.4, 0.5) is 0 Å². The normalized spacial score (nSPS) is 16.5. The fourth-order valence-electron chi connectivity index (χ4n) is 2.03. The molecule has 0 unspecified atom stereocenters. The Kier molecular flexibility index (Phi) is 12.0. The van der Waals surface area contributed by atoms with Crippen LogP contribution in [-0.2, 0) is 9.53 Å². The van der Waals surface area contributed by atoms with Crippen molar-refractivity contribution in [3.05, 3.63) is 48.6 Å². The first-order chi connectivity index (χ1) is 13.7. The van der Waals surface area contributed by atoms with Crippen molar-refractivity contribution in [1.82, 2.24) is 0 Å². The quantitative estimate of drug-likeness (QED) is 0.189. The van der Waals surface area contributed by atoms with E-state index in [2.05, 4.69) is 48.1 Å². The first kappa shape index (κ1) is 14.7. The molecule has 0 amide bonds. The number of ether oxygens (including phenoxy) is 1. The Morgan fingerprint density at radius 1 is 0.875 bits per heavy atom. The van der Waals surface area contributed by atoms with E-state index in [0.717, 1.165) is 19.3 Å². The van der Waals surface area contributed by atoms with Gasteiger partial charge in [0.15, 0.2) is 0 Å². The van der Waals surface area contributed by atoms with Gasteiger partial charge in [-0.2, -0.15) is 0 Å². The van der Waals surface area contributed by atoms with Crippen LogP contribution in [0, 0.1) is 0 Å². The number of unbranched alkanes of at least 4 members (excludes halogenated alkanes) is 4. The van der Waals surface area contributed by atoms with Crippen molar-refractivity contribution in [2.24, 2.45) is 0 Å². The number of rotatable bonds is 15. The predicted molar refractivity (Wildman–Crippen MR) is 105 cm³/mol. The fourth-order valence-corrected chi connectivity index (χ4v) is 2.03. The topological polar surface area (TPSA) is 26.3 Å². The van der Waals surface area contributed by atoms with Gasteiger partial charge in [-0.25, -0.2) is 0 Å². The molecule has 0 aromatic heterocycles. The average molecular weight is 338 g/mol. The molecule has 0 bridgehead atoms. The standard InChI is InChI=1S/C22H36O2/c1-3-5-6-7-8-9-10-11-12-13-14-15-16-17-18-19-20-21-22(23)24-4-2/h8-9,11-12,14-15,17-18H,3-7,10,13,16,19-21H2,1-2H3/b9-8+,12-11+,15-14+,18-17+/i2D3,4D2. The molecule has 0 saturated carbocycles. The maximum Gasteiger partial charge on any atom is 0.305 e. The number of allylic oxidation sites excluding steroid dienone is 8. The molecule has 0 N–H and O–H groups in total. The first-order valence-electron chi connectivity index (χ1n) is 11.5. The maximum absolute atomic E-state index is 11.5. The lowest BCUT2D eigenvalue weighted by Gasteiger charge is -1.98. The molecule has 24 heavy (non-hydrogen) atoms. The highest BCUT2D eigenvalue weighted by atomic mass is 16.5. The van der Waals surface area contributed by atoms with Gasteiger partial charge < -0.3 is 4.74 Å². The summed E-state index contributed by atoms with van der Waals surface area (Å²) in [5, 5.41) is 0. The van der Waals surface area contributed by atoms with Crippen molar-refractivity contribution < 1.29 is 16.4 Å². The molecule has 0 atom stereocenters. The van der Waals surface area contributed by atoms with E-state index in [1.54, 1.807) is 0 Å². The molecule has 0 aliphatic heterocycles. The third-order valence-electron chi connectivity index (χ3n) is 3.37. The summed E-state index contributed by atoms with van der Waals surface area (Å²) in [6, 6.07) is 0. The second kappa shape index (κ2) is 19.5. The second-order valence-electron chi connectivity index (χ2n) is 5.56. The summed E-state index contributed by atoms with van der Waals surface area (Å²) in [7, 11) is 0. The summed E-state index contributed by atoms with van der Waals surface area (Å²) >= 11 is 0. The fraction of sp³-hybridized carbons (Fsp3) is 0.591. The van der Waals surface area contributed by atoms with Gasteiger partial charge in [-0.1, -0.05) is 68.4 Å². The van der Waals surface area contributed by atoms with Gasteiger partial charge in [-0.15, -0.1) is 0 Å². The minimum Gasteiger partial charge on any atom is -0.466 e. The van der Waals surface area contributed by atoms with Crippen molar-refractivity contribution in [2.75, 3.05) is 6.56 Å². The van der Waals surface area contributed by atoms with Crippen LogP contribution >= 0.6 is 0 Å². The number of carbonyl (C=O) groups excluding carboxylic acids is 1. The zero-order valence-corrected chi connectivity index (χ0v) is 15.0. The van der Waals surface area contributed by atoms with Gasteiger partial charge in [0, 0.05) is 10.5 Å². The van der Waals surface area contributed by atoms with E-state index in [1.807, 2.05) is 12.2 Å². The first-order valence-corrected chi connectivity index (χ1v) is 9.02. The molecule has 0 heterocycles. The molecule has 0 aliphatic carbocycles. The summed E-state index contributed by atoms with van der Waals surface area (Å²) in [4.78, 5) is 11.5. The molecule has 0 aromatic carbocycles. The lowest BCUT2D eigenvalue weighted by Crippen LogP contribution is -2.02. The Morgan fingerprint density at radius 2 is 1.42 bits per heavy atom. The average Bonchev–Trinajstić information content (AvgIpc) is 2.63. The third-order valence-corrected chi connectivity index (χ3v) is 3.37. The molecule has 2 nitrogen and oxygen atoms in total. The molecule has 2 heteroatoms. The summed E-state index contributed by atoms with van der Waals surface area (Å²) in [6.45, 7) is -3.70. The second-order valence-corrected chi connectivity index (χ2v) is 5.56. The van der Waals surface area contributed by atoms with E-state index >= 15 is 0 Å². The van der Waals surface area contributed by atoms with Gasteiger partial charge in [-0.3, -0.25) is 4.79 Å². The smallest absolute Gasteiger partial charge is 0.305 e. The summed E-state index contributed by atoms with van der Waals surface area (Å²) < 4.78 is 39.9. The van der Waals surface area contributed by atoms with Crippen LogP contribution in [0.1, 0.15) is 84.8 Å². The van der Waals surface area contributed by atoms with Gasteiger partial charge in [0.05, 0.1) is 9.30 Å². The van der Waals surface area contributed by atoms with E-state index in [0.29, 0.717) is 12.8 Å².